The van der Waals surface area contributed by atoms with Crippen molar-refractivity contribution in [2.24, 2.45) is 0 Å². The first-order chi connectivity index (χ1) is 7.65. The van der Waals surface area contributed by atoms with Gasteiger partial charge in [-0.15, -0.1) is 0 Å². The van der Waals surface area contributed by atoms with E-state index in [2.05, 4.69) is 15.6 Å². The van der Waals surface area contributed by atoms with Crippen LogP contribution in [0.25, 0.3) is 0 Å². The van der Waals surface area contributed by atoms with E-state index in [0.717, 1.165) is 6.42 Å². The largest absolute Gasteiger partial charge is 0.356 e. The van der Waals surface area contributed by atoms with E-state index in [0.29, 0.717) is 6.54 Å². The van der Waals surface area contributed by atoms with Gasteiger partial charge < -0.3 is 10.6 Å². The Hall–Kier alpha value is -1.65. The Kier molecular flexibility index (Phi) is 4.69. The average molecular weight is 225 g/mol. The summed E-state index contributed by atoms with van der Waals surface area (Å²) < 4.78 is 13.2. The Morgan fingerprint density at radius 1 is 1.62 bits per heavy atom. The second kappa shape index (κ2) is 6.05. The number of nitrogens with one attached hydrogen (secondary N) is 2. The summed E-state index contributed by atoms with van der Waals surface area (Å²) in [5, 5.41) is 5.44. The monoisotopic (exact) mass is 225 g/mol. The molecule has 0 spiro atoms. The number of hydrogen-bond donors (Lipinski definition) is 2. The maximum atomic E-state index is 13.2. The number of anilines is 1. The van der Waals surface area contributed by atoms with Gasteiger partial charge >= 0.3 is 0 Å². The fourth-order valence-electron chi connectivity index (χ4n) is 1.16. The van der Waals surface area contributed by atoms with Gasteiger partial charge in [0.1, 0.15) is 6.04 Å². The summed E-state index contributed by atoms with van der Waals surface area (Å²) in [4.78, 5) is 15.3. The Morgan fingerprint density at radius 3 is 3.00 bits per heavy atom. The van der Waals surface area contributed by atoms with Crippen LogP contribution in [0.1, 0.15) is 20.3 Å². The summed E-state index contributed by atoms with van der Waals surface area (Å²) in [6.45, 7) is 4.26. The molecule has 0 aliphatic rings. The predicted octanol–water partition coefficient (Wildman–Crippen LogP) is 1.55. The maximum Gasteiger partial charge on any atom is 0.242 e. The second-order valence-electron chi connectivity index (χ2n) is 3.49. The lowest BCUT2D eigenvalue weighted by molar-refractivity contribution is -0.121. The van der Waals surface area contributed by atoms with E-state index in [-0.39, 0.29) is 11.7 Å². The van der Waals surface area contributed by atoms with E-state index in [1.165, 1.54) is 18.3 Å². The third kappa shape index (κ3) is 3.49. The van der Waals surface area contributed by atoms with Gasteiger partial charge in [0, 0.05) is 12.7 Å². The van der Waals surface area contributed by atoms with Crippen molar-refractivity contribution in [3.63, 3.8) is 0 Å². The number of carbonyl (C=O) groups is 1. The molecule has 1 unspecified atom stereocenters. The molecule has 16 heavy (non-hydrogen) atoms. The zero-order valence-corrected chi connectivity index (χ0v) is 9.46. The lowest BCUT2D eigenvalue weighted by Crippen LogP contribution is -2.38. The van der Waals surface area contributed by atoms with Crippen molar-refractivity contribution in [3.8, 4) is 0 Å². The predicted molar refractivity (Wildman–Crippen MR) is 60.6 cm³/mol. The number of pyridine rings is 1. The molecule has 0 aliphatic heterocycles. The summed E-state index contributed by atoms with van der Waals surface area (Å²) in [7, 11) is 0. The third-order valence-corrected chi connectivity index (χ3v) is 2.05. The van der Waals surface area contributed by atoms with E-state index in [1.807, 2.05) is 6.92 Å². The molecule has 0 saturated carbocycles. The van der Waals surface area contributed by atoms with Gasteiger partial charge in [0.2, 0.25) is 5.91 Å². The van der Waals surface area contributed by atoms with Gasteiger partial charge in [-0.25, -0.2) is 9.37 Å². The van der Waals surface area contributed by atoms with Crippen molar-refractivity contribution in [2.45, 2.75) is 26.3 Å². The Morgan fingerprint density at radius 2 is 2.38 bits per heavy atom. The molecule has 0 saturated heterocycles. The highest BCUT2D eigenvalue weighted by molar-refractivity contribution is 5.83. The van der Waals surface area contributed by atoms with Gasteiger partial charge in [0.25, 0.3) is 0 Å². The molecule has 2 N–H and O–H groups in total. The lowest BCUT2D eigenvalue weighted by atomic mass is 10.3. The van der Waals surface area contributed by atoms with Crippen LogP contribution in [0.2, 0.25) is 0 Å². The quantitative estimate of drug-likeness (QED) is 0.799. The van der Waals surface area contributed by atoms with Crippen molar-refractivity contribution < 1.29 is 9.18 Å². The van der Waals surface area contributed by atoms with Crippen molar-refractivity contribution in [3.05, 3.63) is 24.1 Å². The fraction of sp³-hybridized carbons (Fsp3) is 0.455. The number of halogens is 1. The normalized spacial score (nSPS) is 11.9. The summed E-state index contributed by atoms with van der Waals surface area (Å²) in [5.41, 5.74) is 0. The molecule has 1 aromatic heterocycles. The lowest BCUT2D eigenvalue weighted by Gasteiger charge is -2.14. The zero-order valence-electron chi connectivity index (χ0n) is 9.46. The van der Waals surface area contributed by atoms with Crippen molar-refractivity contribution >= 4 is 11.7 Å². The van der Waals surface area contributed by atoms with Crippen molar-refractivity contribution in [1.29, 1.82) is 0 Å². The molecule has 0 aromatic carbocycles. The van der Waals surface area contributed by atoms with Crippen LogP contribution in [0.5, 0.6) is 0 Å². The van der Waals surface area contributed by atoms with E-state index >= 15 is 0 Å². The van der Waals surface area contributed by atoms with Crippen LogP contribution in [-0.4, -0.2) is 23.5 Å². The number of aromatic nitrogens is 1. The molecule has 0 radical (unpaired) electrons. The Bertz CT molecular complexity index is 357. The van der Waals surface area contributed by atoms with Crippen molar-refractivity contribution in [2.75, 3.05) is 11.9 Å². The Balaban J connectivity index is 2.54. The Labute approximate surface area is 94.3 Å². The van der Waals surface area contributed by atoms with E-state index in [1.54, 1.807) is 6.92 Å². The number of hydrogen-bond acceptors (Lipinski definition) is 3. The van der Waals surface area contributed by atoms with Gasteiger partial charge in [0.15, 0.2) is 11.6 Å². The minimum atomic E-state index is -0.504. The number of rotatable bonds is 5. The van der Waals surface area contributed by atoms with Crippen LogP contribution in [0.15, 0.2) is 18.3 Å². The average Bonchev–Trinajstić information content (AvgIpc) is 2.28. The first-order valence-corrected chi connectivity index (χ1v) is 5.30. The van der Waals surface area contributed by atoms with Crippen LogP contribution >= 0.6 is 0 Å². The highest BCUT2D eigenvalue weighted by Crippen LogP contribution is 2.09. The molecule has 0 bridgehead atoms. The molecule has 1 heterocycles. The number of carbonyl (C=O) groups excluding carboxylic acids is 1. The highest BCUT2D eigenvalue weighted by atomic mass is 19.1. The van der Waals surface area contributed by atoms with E-state index in [9.17, 15) is 9.18 Å². The topological polar surface area (TPSA) is 54.0 Å². The minimum absolute atomic E-state index is 0.0987. The first kappa shape index (κ1) is 12.4. The van der Waals surface area contributed by atoms with Gasteiger partial charge in [-0.05, 0) is 25.5 Å². The number of amides is 1. The van der Waals surface area contributed by atoms with E-state index in [4.69, 9.17) is 0 Å². The maximum absolute atomic E-state index is 13.2. The summed E-state index contributed by atoms with van der Waals surface area (Å²) in [6, 6.07) is 2.30. The smallest absolute Gasteiger partial charge is 0.242 e. The molecule has 4 nitrogen and oxygen atoms in total. The first-order valence-electron chi connectivity index (χ1n) is 5.30. The third-order valence-electron chi connectivity index (χ3n) is 2.05. The van der Waals surface area contributed by atoms with Gasteiger partial charge in [0.05, 0.1) is 0 Å². The zero-order chi connectivity index (χ0) is 12.0. The van der Waals surface area contributed by atoms with Gasteiger partial charge in [-0.2, -0.15) is 0 Å². The summed E-state index contributed by atoms with van der Waals surface area (Å²) >= 11 is 0. The molecule has 1 rings (SSSR count). The molecule has 1 atom stereocenters. The molecule has 1 amide bonds. The van der Waals surface area contributed by atoms with E-state index < -0.39 is 11.9 Å². The highest BCUT2D eigenvalue weighted by Gasteiger charge is 2.13. The molecule has 88 valence electrons. The van der Waals surface area contributed by atoms with Crippen LogP contribution in [-0.2, 0) is 4.79 Å². The minimum Gasteiger partial charge on any atom is -0.356 e. The molecular formula is C11H16FN3O. The standard InChI is InChI=1S/C11H16FN3O/c1-3-6-14-11(16)8(2)15-10-9(12)5-4-7-13-10/h4-5,7-8H,3,6H2,1-2H3,(H,13,15)(H,14,16). The second-order valence-corrected chi connectivity index (χ2v) is 3.49. The molecule has 0 aliphatic carbocycles. The fourth-order valence-corrected chi connectivity index (χ4v) is 1.16. The number of nitrogens with zero attached hydrogens (tertiary/aromatic N) is 1. The van der Waals surface area contributed by atoms with Crippen LogP contribution < -0.4 is 10.6 Å². The molecule has 1 aromatic rings. The van der Waals surface area contributed by atoms with Crippen LogP contribution in [0.3, 0.4) is 0 Å². The van der Waals surface area contributed by atoms with Crippen molar-refractivity contribution in [1.82, 2.24) is 10.3 Å². The van der Waals surface area contributed by atoms with Crippen LogP contribution in [0, 0.1) is 5.82 Å². The molecular weight excluding hydrogens is 209 g/mol. The SMILES string of the molecule is CCCNC(=O)C(C)Nc1ncccc1F. The van der Waals surface area contributed by atoms with Crippen LogP contribution in [0.4, 0.5) is 10.2 Å². The summed E-state index contributed by atoms with van der Waals surface area (Å²) in [5.74, 6) is -0.522. The van der Waals surface area contributed by atoms with Gasteiger partial charge in [-0.3, -0.25) is 4.79 Å². The molecule has 0 fully saturated rings. The summed E-state index contributed by atoms with van der Waals surface area (Å²) in [6.07, 6.45) is 2.35. The van der Waals surface area contributed by atoms with Gasteiger partial charge in [-0.1, -0.05) is 6.92 Å². The molecule has 5 heteroatoms.